The second kappa shape index (κ2) is 4.19. The van der Waals surface area contributed by atoms with Crippen LogP contribution >= 0.6 is 0 Å². The molecular weight excluding hydrogens is 234 g/mol. The molecule has 0 bridgehead atoms. The Labute approximate surface area is 106 Å². The van der Waals surface area contributed by atoms with Gasteiger partial charge in [0.1, 0.15) is 5.60 Å². The number of carbonyl (C=O) groups is 1. The quantitative estimate of drug-likeness (QED) is 0.739. The third-order valence-electron chi connectivity index (χ3n) is 2.92. The summed E-state index contributed by atoms with van der Waals surface area (Å²) in [6.07, 6.45) is 0.281. The molecule has 1 aliphatic rings. The Bertz CT molecular complexity index is 462. The maximum absolute atomic E-state index is 12.1. The largest absolute Gasteiger partial charge is 0.492 e. The minimum atomic E-state index is -0.518. The van der Waals surface area contributed by atoms with Crippen LogP contribution in [-0.2, 0) is 17.7 Å². The van der Waals surface area contributed by atoms with Crippen molar-refractivity contribution in [3.8, 4) is 5.88 Å². The van der Waals surface area contributed by atoms with E-state index in [1.165, 1.54) is 0 Å². The summed E-state index contributed by atoms with van der Waals surface area (Å²) in [5.74, 6) is -0.0366. The highest BCUT2D eigenvalue weighted by atomic mass is 16.6. The molecule has 1 aliphatic heterocycles. The van der Waals surface area contributed by atoms with E-state index in [1.807, 2.05) is 27.7 Å². The van der Waals surface area contributed by atoms with Crippen LogP contribution in [0.15, 0.2) is 0 Å². The lowest BCUT2D eigenvalue weighted by atomic mass is 10.0. The fourth-order valence-electron chi connectivity index (χ4n) is 2.02. The Kier molecular flexibility index (Phi) is 2.96. The highest BCUT2D eigenvalue weighted by Crippen LogP contribution is 2.28. The predicted molar refractivity (Wildman–Crippen MR) is 65.2 cm³/mol. The van der Waals surface area contributed by atoms with Crippen molar-refractivity contribution in [2.75, 3.05) is 0 Å². The molecule has 0 fully saturated rings. The van der Waals surface area contributed by atoms with Crippen molar-refractivity contribution >= 4 is 6.09 Å². The van der Waals surface area contributed by atoms with Crippen LogP contribution in [0.3, 0.4) is 0 Å². The summed E-state index contributed by atoms with van der Waals surface area (Å²) < 4.78 is 5.35. The Morgan fingerprint density at radius 3 is 2.83 bits per heavy atom. The summed E-state index contributed by atoms with van der Waals surface area (Å²) in [5.41, 5.74) is 1.05. The lowest BCUT2D eigenvalue weighted by molar-refractivity contribution is 0.0136. The topological polar surface area (TPSA) is 78.5 Å². The Hall–Kier alpha value is -1.72. The van der Waals surface area contributed by atoms with Crippen LogP contribution in [0.25, 0.3) is 0 Å². The fourth-order valence-corrected chi connectivity index (χ4v) is 2.02. The number of H-pyrrole nitrogens is 1. The molecule has 1 aromatic heterocycles. The summed E-state index contributed by atoms with van der Waals surface area (Å²) in [6, 6.07) is 0.0206. The van der Waals surface area contributed by atoms with E-state index in [2.05, 4.69) is 10.2 Å². The first kappa shape index (κ1) is 12.7. The molecule has 0 aromatic carbocycles. The molecular formula is C12H19N3O3. The molecule has 1 amide bonds. The van der Waals surface area contributed by atoms with Gasteiger partial charge in [0.25, 0.3) is 0 Å². The molecule has 1 atom stereocenters. The first-order valence-corrected chi connectivity index (χ1v) is 6.02. The molecule has 18 heavy (non-hydrogen) atoms. The molecule has 0 aliphatic carbocycles. The lowest BCUT2D eigenvalue weighted by Gasteiger charge is -2.34. The molecule has 2 rings (SSSR count). The van der Waals surface area contributed by atoms with Crippen LogP contribution in [0.2, 0.25) is 0 Å². The molecule has 0 radical (unpaired) electrons. The second-order valence-electron chi connectivity index (χ2n) is 5.67. The van der Waals surface area contributed by atoms with Crippen LogP contribution in [0.1, 0.15) is 39.0 Å². The number of fused-ring (bicyclic) bond motifs is 1. The zero-order chi connectivity index (χ0) is 13.5. The van der Waals surface area contributed by atoms with E-state index in [4.69, 9.17) is 4.74 Å². The monoisotopic (exact) mass is 253 g/mol. The number of ether oxygens (including phenoxy) is 1. The van der Waals surface area contributed by atoms with Crippen molar-refractivity contribution < 1.29 is 14.6 Å². The molecule has 0 spiro atoms. The van der Waals surface area contributed by atoms with Gasteiger partial charge in [-0.25, -0.2) is 4.79 Å². The third-order valence-corrected chi connectivity index (χ3v) is 2.92. The zero-order valence-electron chi connectivity index (χ0n) is 11.1. The van der Waals surface area contributed by atoms with Gasteiger partial charge in [0.05, 0.1) is 12.1 Å². The SMILES string of the molecule is C[C@H]1Cc2[nH]nc(O)c2CN1C(=O)OC(C)(C)C. The number of nitrogens with one attached hydrogen (secondary N) is 1. The highest BCUT2D eigenvalue weighted by Gasteiger charge is 2.32. The first-order chi connectivity index (χ1) is 8.28. The normalized spacial score (nSPS) is 19.6. The fraction of sp³-hybridized carbons (Fsp3) is 0.667. The molecule has 0 unspecified atom stereocenters. The van der Waals surface area contributed by atoms with Gasteiger partial charge in [-0.1, -0.05) is 0 Å². The van der Waals surface area contributed by atoms with Crippen molar-refractivity contribution in [1.29, 1.82) is 0 Å². The number of aromatic amines is 1. The van der Waals surface area contributed by atoms with E-state index < -0.39 is 5.60 Å². The summed E-state index contributed by atoms with van der Waals surface area (Å²) in [4.78, 5) is 13.7. The molecule has 100 valence electrons. The summed E-state index contributed by atoms with van der Waals surface area (Å²) in [5, 5.41) is 16.1. The second-order valence-corrected chi connectivity index (χ2v) is 5.67. The highest BCUT2D eigenvalue weighted by molar-refractivity contribution is 5.69. The van der Waals surface area contributed by atoms with Crippen molar-refractivity contribution in [2.24, 2.45) is 0 Å². The third kappa shape index (κ3) is 2.42. The van der Waals surface area contributed by atoms with Gasteiger partial charge in [0, 0.05) is 18.2 Å². The van der Waals surface area contributed by atoms with Crippen LogP contribution < -0.4 is 0 Å². The summed E-state index contributed by atoms with van der Waals surface area (Å²) in [6.45, 7) is 7.78. The number of aromatic nitrogens is 2. The zero-order valence-corrected chi connectivity index (χ0v) is 11.1. The predicted octanol–water partition coefficient (Wildman–Crippen LogP) is 1.80. The average Bonchev–Trinajstić information content (AvgIpc) is 2.56. The number of aromatic hydroxyl groups is 1. The number of hydrogen-bond acceptors (Lipinski definition) is 4. The van der Waals surface area contributed by atoms with Gasteiger partial charge in [-0.15, -0.1) is 5.10 Å². The Balaban J connectivity index is 2.16. The lowest BCUT2D eigenvalue weighted by Crippen LogP contribution is -2.45. The van der Waals surface area contributed by atoms with Gasteiger partial charge in [0.2, 0.25) is 5.88 Å². The molecule has 2 heterocycles. The van der Waals surface area contributed by atoms with Crippen LogP contribution in [0, 0.1) is 0 Å². The molecule has 6 heteroatoms. The van der Waals surface area contributed by atoms with Gasteiger partial charge >= 0.3 is 6.09 Å². The Morgan fingerprint density at radius 1 is 1.56 bits per heavy atom. The standard InChI is InChI=1S/C12H19N3O3/c1-7-5-9-8(10(16)14-13-9)6-15(7)11(17)18-12(2,3)4/h7H,5-6H2,1-4H3,(H2,13,14,16)/t7-/m0/s1. The van der Waals surface area contributed by atoms with Gasteiger partial charge in [-0.05, 0) is 27.7 Å². The van der Waals surface area contributed by atoms with E-state index in [0.29, 0.717) is 18.5 Å². The summed E-state index contributed by atoms with van der Waals surface area (Å²) in [7, 11) is 0. The van der Waals surface area contributed by atoms with E-state index in [1.54, 1.807) is 4.90 Å². The number of nitrogens with zero attached hydrogens (tertiary/aromatic N) is 2. The van der Waals surface area contributed by atoms with E-state index in [0.717, 1.165) is 5.69 Å². The van der Waals surface area contributed by atoms with Crippen LogP contribution in [0.4, 0.5) is 4.79 Å². The van der Waals surface area contributed by atoms with Crippen molar-refractivity contribution in [3.05, 3.63) is 11.3 Å². The molecule has 0 saturated carbocycles. The maximum Gasteiger partial charge on any atom is 0.410 e. The molecule has 1 aromatic rings. The smallest absolute Gasteiger partial charge is 0.410 e. The number of amides is 1. The molecule has 2 N–H and O–H groups in total. The minimum Gasteiger partial charge on any atom is -0.492 e. The van der Waals surface area contributed by atoms with Crippen LogP contribution in [-0.4, -0.2) is 37.9 Å². The summed E-state index contributed by atoms with van der Waals surface area (Å²) >= 11 is 0. The van der Waals surface area contributed by atoms with Gasteiger partial charge < -0.3 is 14.7 Å². The Morgan fingerprint density at radius 2 is 2.22 bits per heavy atom. The van der Waals surface area contributed by atoms with E-state index in [-0.39, 0.29) is 18.0 Å². The van der Waals surface area contributed by atoms with E-state index >= 15 is 0 Å². The minimum absolute atomic E-state index is 0.0206. The van der Waals surface area contributed by atoms with E-state index in [9.17, 15) is 9.90 Å². The molecule has 6 nitrogen and oxygen atoms in total. The number of rotatable bonds is 0. The first-order valence-electron chi connectivity index (χ1n) is 6.02. The number of carbonyl (C=O) groups excluding carboxylic acids is 1. The van der Waals surface area contributed by atoms with Crippen molar-refractivity contribution in [1.82, 2.24) is 15.1 Å². The average molecular weight is 253 g/mol. The van der Waals surface area contributed by atoms with Gasteiger partial charge in [0.15, 0.2) is 0 Å². The van der Waals surface area contributed by atoms with Crippen molar-refractivity contribution in [2.45, 2.75) is 52.3 Å². The maximum atomic E-state index is 12.1. The number of hydrogen-bond donors (Lipinski definition) is 2. The van der Waals surface area contributed by atoms with Gasteiger partial charge in [-0.3, -0.25) is 5.10 Å². The van der Waals surface area contributed by atoms with Gasteiger partial charge in [-0.2, -0.15) is 0 Å². The van der Waals surface area contributed by atoms with Crippen LogP contribution in [0.5, 0.6) is 5.88 Å². The molecule has 0 saturated heterocycles. The van der Waals surface area contributed by atoms with Crippen molar-refractivity contribution in [3.63, 3.8) is 0 Å².